The van der Waals surface area contributed by atoms with Crippen molar-refractivity contribution in [2.24, 2.45) is 0 Å². The second kappa shape index (κ2) is 3.66. The Bertz CT molecular complexity index is 485. The molecule has 0 radical (unpaired) electrons. The molecule has 0 spiro atoms. The van der Waals surface area contributed by atoms with E-state index in [4.69, 9.17) is 0 Å². The van der Waals surface area contributed by atoms with Crippen LogP contribution in [0, 0.1) is 6.92 Å². The van der Waals surface area contributed by atoms with Crippen molar-refractivity contribution in [2.45, 2.75) is 13.1 Å². The van der Waals surface area contributed by atoms with Gasteiger partial charge in [-0.1, -0.05) is 29.8 Å². The molecule has 2 nitrogen and oxygen atoms in total. The topological polar surface area (TPSA) is 26.0 Å². The van der Waals surface area contributed by atoms with Crippen molar-refractivity contribution in [1.29, 1.82) is 0 Å². The molecule has 0 unspecified atom stereocenters. The number of hydrogen-bond donors (Lipinski definition) is 0. The highest BCUT2D eigenvalue weighted by atomic mass is 19.4. The van der Waals surface area contributed by atoms with Crippen LogP contribution in [0.3, 0.4) is 0 Å². The normalized spacial score (nSPS) is 11.8. The van der Waals surface area contributed by atoms with Crippen molar-refractivity contribution in [3.63, 3.8) is 0 Å². The second-order valence-electron chi connectivity index (χ2n) is 3.40. The van der Waals surface area contributed by atoms with Gasteiger partial charge in [0.05, 0.1) is 0 Å². The molecule has 0 saturated heterocycles. The third-order valence-corrected chi connectivity index (χ3v) is 2.09. The van der Waals surface area contributed by atoms with Crippen molar-refractivity contribution in [3.05, 3.63) is 42.0 Å². The molecule has 2 aromatic rings. The highest BCUT2D eigenvalue weighted by Gasteiger charge is 2.37. The summed E-state index contributed by atoms with van der Waals surface area (Å²) in [5.74, 6) is -1.22. The lowest BCUT2D eigenvalue weighted by molar-refractivity contribution is -0.157. The first-order valence-corrected chi connectivity index (χ1v) is 4.56. The van der Waals surface area contributed by atoms with Crippen molar-refractivity contribution >= 4 is 0 Å². The van der Waals surface area contributed by atoms with E-state index >= 15 is 0 Å². The largest absolute Gasteiger partial charge is 0.468 e. The minimum atomic E-state index is -4.54. The van der Waals surface area contributed by atoms with Crippen LogP contribution >= 0.6 is 0 Å². The molecule has 0 atom stereocenters. The minimum absolute atomic E-state index is 0.187. The summed E-state index contributed by atoms with van der Waals surface area (Å²) in [6.07, 6.45) is -3.53. The maximum absolute atomic E-state index is 12.2. The highest BCUT2D eigenvalue weighted by Crippen LogP contribution is 2.30. The number of hydrogen-bond acceptors (Lipinski definition) is 2. The molecule has 0 saturated carbocycles. The molecule has 0 N–H and O–H groups in total. The van der Waals surface area contributed by atoms with E-state index in [1.54, 1.807) is 24.3 Å². The molecule has 0 aliphatic rings. The summed E-state index contributed by atoms with van der Waals surface area (Å²) in [6, 6.07) is 7.01. The van der Waals surface area contributed by atoms with E-state index in [2.05, 4.69) is 9.40 Å². The minimum Gasteiger partial charge on any atom is -0.441 e. The zero-order valence-electron chi connectivity index (χ0n) is 8.38. The zero-order chi connectivity index (χ0) is 11.8. The number of oxazole rings is 1. The summed E-state index contributed by atoms with van der Waals surface area (Å²) in [5.41, 5.74) is 1.82. The Balaban J connectivity index is 2.35. The molecule has 0 aliphatic heterocycles. The molecule has 0 aliphatic carbocycles. The van der Waals surface area contributed by atoms with E-state index in [1.807, 2.05) is 6.92 Å². The van der Waals surface area contributed by atoms with Crippen LogP contribution in [-0.2, 0) is 6.18 Å². The van der Waals surface area contributed by atoms with Crippen molar-refractivity contribution in [2.75, 3.05) is 0 Å². The first kappa shape index (κ1) is 10.7. The van der Waals surface area contributed by atoms with Crippen LogP contribution in [0.25, 0.3) is 11.3 Å². The number of aromatic nitrogens is 1. The van der Waals surface area contributed by atoms with Gasteiger partial charge in [0.15, 0.2) is 0 Å². The van der Waals surface area contributed by atoms with Crippen LogP contribution in [0.2, 0.25) is 0 Å². The molecule has 2 rings (SSSR count). The highest BCUT2D eigenvalue weighted by molar-refractivity contribution is 5.58. The van der Waals surface area contributed by atoms with E-state index in [0.29, 0.717) is 5.56 Å². The predicted octanol–water partition coefficient (Wildman–Crippen LogP) is 3.67. The Labute approximate surface area is 89.7 Å². The van der Waals surface area contributed by atoms with Gasteiger partial charge in [0.2, 0.25) is 0 Å². The van der Waals surface area contributed by atoms with Gasteiger partial charge in [-0.05, 0) is 6.92 Å². The molecule has 0 fully saturated rings. The van der Waals surface area contributed by atoms with Crippen LogP contribution in [0.5, 0.6) is 0 Å². The molecule has 1 aromatic carbocycles. The van der Waals surface area contributed by atoms with E-state index < -0.39 is 12.1 Å². The molecule has 1 aromatic heterocycles. The second-order valence-corrected chi connectivity index (χ2v) is 3.40. The third kappa shape index (κ3) is 2.08. The molecule has 16 heavy (non-hydrogen) atoms. The average Bonchev–Trinajstić information content (AvgIpc) is 2.67. The Morgan fingerprint density at radius 2 is 1.75 bits per heavy atom. The Hall–Kier alpha value is -1.78. The predicted molar refractivity (Wildman–Crippen MR) is 51.7 cm³/mol. The van der Waals surface area contributed by atoms with Crippen molar-refractivity contribution < 1.29 is 17.6 Å². The molecule has 5 heteroatoms. The summed E-state index contributed by atoms with van der Waals surface area (Å²) in [4.78, 5) is 3.39. The van der Waals surface area contributed by atoms with Crippen LogP contribution in [0.4, 0.5) is 13.2 Å². The van der Waals surface area contributed by atoms with Gasteiger partial charge in [-0.25, -0.2) is 4.98 Å². The first-order valence-electron chi connectivity index (χ1n) is 4.56. The average molecular weight is 227 g/mol. The van der Waals surface area contributed by atoms with E-state index in [-0.39, 0.29) is 5.69 Å². The van der Waals surface area contributed by atoms with Crippen LogP contribution in [0.1, 0.15) is 11.5 Å². The Morgan fingerprint density at radius 1 is 1.12 bits per heavy atom. The molecule has 84 valence electrons. The number of aryl methyl sites for hydroxylation is 1. The van der Waals surface area contributed by atoms with E-state index in [0.717, 1.165) is 11.8 Å². The fraction of sp³-hybridized carbons (Fsp3) is 0.182. The summed E-state index contributed by atoms with van der Waals surface area (Å²) >= 11 is 0. The molecule has 0 amide bonds. The number of alkyl halides is 3. The van der Waals surface area contributed by atoms with Crippen LogP contribution in [0.15, 0.2) is 34.9 Å². The molecular weight excluding hydrogens is 219 g/mol. The fourth-order valence-corrected chi connectivity index (χ4v) is 1.26. The number of benzene rings is 1. The third-order valence-electron chi connectivity index (χ3n) is 2.09. The SMILES string of the molecule is Cc1ccc(-c2coc(C(F)(F)F)n2)cc1. The first-order chi connectivity index (χ1) is 7.47. The fourth-order valence-electron chi connectivity index (χ4n) is 1.26. The lowest BCUT2D eigenvalue weighted by atomic mass is 10.1. The van der Waals surface area contributed by atoms with Gasteiger partial charge >= 0.3 is 12.1 Å². The summed E-state index contributed by atoms with van der Waals surface area (Å²) < 4.78 is 41.1. The van der Waals surface area contributed by atoms with Gasteiger partial charge in [0, 0.05) is 5.56 Å². The Kier molecular flexibility index (Phi) is 2.46. The zero-order valence-corrected chi connectivity index (χ0v) is 8.38. The van der Waals surface area contributed by atoms with Gasteiger partial charge in [-0.2, -0.15) is 13.2 Å². The summed E-state index contributed by atoms with van der Waals surface area (Å²) in [5, 5.41) is 0. The number of rotatable bonds is 1. The molecular formula is C11H8F3NO. The van der Waals surface area contributed by atoms with Crippen LogP contribution < -0.4 is 0 Å². The maximum Gasteiger partial charge on any atom is 0.468 e. The lowest BCUT2D eigenvalue weighted by Gasteiger charge is -1.98. The van der Waals surface area contributed by atoms with Crippen molar-refractivity contribution in [3.8, 4) is 11.3 Å². The number of halogens is 3. The quantitative estimate of drug-likeness (QED) is 0.742. The van der Waals surface area contributed by atoms with Crippen LogP contribution in [-0.4, -0.2) is 4.98 Å². The summed E-state index contributed by atoms with van der Waals surface area (Å²) in [7, 11) is 0. The van der Waals surface area contributed by atoms with Crippen molar-refractivity contribution in [1.82, 2.24) is 4.98 Å². The molecule has 0 bridgehead atoms. The van der Waals surface area contributed by atoms with Gasteiger partial charge in [-0.3, -0.25) is 0 Å². The maximum atomic E-state index is 12.2. The monoisotopic (exact) mass is 227 g/mol. The smallest absolute Gasteiger partial charge is 0.441 e. The van der Waals surface area contributed by atoms with E-state index in [1.165, 1.54) is 0 Å². The van der Waals surface area contributed by atoms with Gasteiger partial charge in [0.1, 0.15) is 12.0 Å². The summed E-state index contributed by atoms with van der Waals surface area (Å²) in [6.45, 7) is 1.90. The standard InChI is InChI=1S/C11H8F3NO/c1-7-2-4-8(5-3-7)9-6-16-10(15-9)11(12,13)14/h2-6H,1H3. The lowest BCUT2D eigenvalue weighted by Crippen LogP contribution is -2.04. The Morgan fingerprint density at radius 3 is 2.25 bits per heavy atom. The van der Waals surface area contributed by atoms with Gasteiger partial charge in [0.25, 0.3) is 0 Å². The van der Waals surface area contributed by atoms with E-state index in [9.17, 15) is 13.2 Å². The van der Waals surface area contributed by atoms with Gasteiger partial charge < -0.3 is 4.42 Å². The number of nitrogens with zero attached hydrogens (tertiary/aromatic N) is 1. The van der Waals surface area contributed by atoms with Gasteiger partial charge in [-0.15, -0.1) is 0 Å². The molecule has 1 heterocycles.